The number of carbonyl (C=O) groups is 3. The van der Waals surface area contributed by atoms with E-state index < -0.39 is 5.97 Å². The first kappa shape index (κ1) is 20.8. The number of amides is 1. The number of carbonyl (C=O) groups excluding carboxylic acids is 3. The van der Waals surface area contributed by atoms with E-state index in [-0.39, 0.29) is 31.1 Å². The standard InChI is InChI=1S/C24H27NO4/c1-17-6-3-4-7-21(17)15-25(2)23(27)16-29-24(28)13-12-22(26)20-11-10-18-8-5-9-19(18)14-20/h3-4,6-7,10-11,14H,5,8-9,12-13,15-16H2,1-2H3. The van der Waals surface area contributed by atoms with Crippen molar-refractivity contribution in [2.75, 3.05) is 13.7 Å². The molecule has 0 heterocycles. The Kier molecular flexibility index (Phi) is 6.81. The average Bonchev–Trinajstić information content (AvgIpc) is 3.19. The van der Waals surface area contributed by atoms with Crippen molar-refractivity contribution in [2.24, 2.45) is 0 Å². The highest BCUT2D eigenvalue weighted by molar-refractivity contribution is 5.98. The van der Waals surface area contributed by atoms with Crippen molar-refractivity contribution in [1.82, 2.24) is 4.90 Å². The largest absolute Gasteiger partial charge is 0.456 e. The summed E-state index contributed by atoms with van der Waals surface area (Å²) in [5.41, 5.74) is 5.35. The van der Waals surface area contributed by atoms with Crippen LogP contribution in [0.2, 0.25) is 0 Å². The second-order valence-electron chi connectivity index (χ2n) is 7.60. The summed E-state index contributed by atoms with van der Waals surface area (Å²) >= 11 is 0. The van der Waals surface area contributed by atoms with Gasteiger partial charge in [0.2, 0.25) is 0 Å². The fourth-order valence-corrected chi connectivity index (χ4v) is 3.56. The van der Waals surface area contributed by atoms with Crippen LogP contribution in [-0.2, 0) is 33.7 Å². The first-order valence-corrected chi connectivity index (χ1v) is 10.0. The number of Topliss-reactive ketones (excluding diaryl/α,β-unsaturated/α-hetero) is 1. The van der Waals surface area contributed by atoms with E-state index >= 15 is 0 Å². The van der Waals surface area contributed by atoms with E-state index in [0.29, 0.717) is 12.1 Å². The Morgan fingerprint density at radius 2 is 1.76 bits per heavy atom. The van der Waals surface area contributed by atoms with Gasteiger partial charge >= 0.3 is 5.97 Å². The van der Waals surface area contributed by atoms with Gasteiger partial charge in [-0.2, -0.15) is 0 Å². The Hall–Kier alpha value is -2.95. The van der Waals surface area contributed by atoms with Crippen LogP contribution in [0.4, 0.5) is 0 Å². The van der Waals surface area contributed by atoms with Crippen LogP contribution < -0.4 is 0 Å². The van der Waals surface area contributed by atoms with Crippen LogP contribution in [0.3, 0.4) is 0 Å². The highest BCUT2D eigenvalue weighted by Crippen LogP contribution is 2.23. The lowest BCUT2D eigenvalue weighted by Crippen LogP contribution is -2.31. The lowest BCUT2D eigenvalue weighted by molar-refractivity contribution is -0.151. The molecule has 2 aromatic rings. The monoisotopic (exact) mass is 393 g/mol. The molecule has 3 rings (SSSR count). The zero-order valence-electron chi connectivity index (χ0n) is 17.1. The van der Waals surface area contributed by atoms with Crippen LogP contribution in [-0.4, -0.2) is 36.2 Å². The molecule has 0 aliphatic heterocycles. The molecule has 0 saturated heterocycles. The summed E-state index contributed by atoms with van der Waals surface area (Å²) in [5, 5.41) is 0. The number of fused-ring (bicyclic) bond motifs is 1. The molecule has 0 atom stereocenters. The number of benzene rings is 2. The number of likely N-dealkylation sites (N-methyl/N-ethyl adjacent to an activating group) is 1. The summed E-state index contributed by atoms with van der Waals surface area (Å²) in [7, 11) is 1.68. The highest BCUT2D eigenvalue weighted by atomic mass is 16.5. The van der Waals surface area contributed by atoms with Crippen LogP contribution in [0.15, 0.2) is 42.5 Å². The Balaban J connectivity index is 1.41. The molecule has 152 valence electrons. The minimum Gasteiger partial charge on any atom is -0.456 e. The molecule has 0 bridgehead atoms. The molecule has 1 aliphatic rings. The van der Waals surface area contributed by atoms with Gasteiger partial charge in [-0.25, -0.2) is 0 Å². The fraction of sp³-hybridized carbons (Fsp3) is 0.375. The van der Waals surface area contributed by atoms with E-state index in [9.17, 15) is 14.4 Å². The van der Waals surface area contributed by atoms with Gasteiger partial charge in [0.15, 0.2) is 12.4 Å². The normalized spacial score (nSPS) is 12.3. The third-order valence-corrected chi connectivity index (χ3v) is 5.43. The Morgan fingerprint density at radius 3 is 2.55 bits per heavy atom. The van der Waals surface area contributed by atoms with E-state index in [1.807, 2.05) is 49.4 Å². The van der Waals surface area contributed by atoms with Crippen molar-refractivity contribution in [1.29, 1.82) is 0 Å². The molecule has 29 heavy (non-hydrogen) atoms. The molecule has 0 spiro atoms. The predicted octanol–water partition coefficient (Wildman–Crippen LogP) is 3.65. The van der Waals surface area contributed by atoms with Gasteiger partial charge in [0.05, 0.1) is 6.42 Å². The summed E-state index contributed by atoms with van der Waals surface area (Å²) in [6.45, 7) is 2.14. The van der Waals surface area contributed by atoms with Gasteiger partial charge in [-0.15, -0.1) is 0 Å². The second-order valence-corrected chi connectivity index (χ2v) is 7.60. The Morgan fingerprint density at radius 1 is 1.00 bits per heavy atom. The number of ketones is 1. The smallest absolute Gasteiger partial charge is 0.306 e. The van der Waals surface area contributed by atoms with Gasteiger partial charge in [0.1, 0.15) is 0 Å². The number of nitrogens with zero attached hydrogens (tertiary/aromatic N) is 1. The molecule has 5 nitrogen and oxygen atoms in total. The van der Waals surface area contributed by atoms with Crippen molar-refractivity contribution >= 4 is 17.7 Å². The van der Waals surface area contributed by atoms with Crippen LogP contribution >= 0.6 is 0 Å². The second kappa shape index (κ2) is 9.50. The maximum Gasteiger partial charge on any atom is 0.306 e. The van der Waals surface area contributed by atoms with Gasteiger partial charge in [-0.1, -0.05) is 36.4 Å². The van der Waals surface area contributed by atoms with Crippen molar-refractivity contribution in [3.05, 3.63) is 70.3 Å². The molecule has 0 fully saturated rings. The maximum absolute atomic E-state index is 12.3. The van der Waals surface area contributed by atoms with E-state index in [4.69, 9.17) is 4.74 Å². The van der Waals surface area contributed by atoms with Gasteiger partial charge in [0, 0.05) is 25.6 Å². The Bertz CT molecular complexity index is 919. The topological polar surface area (TPSA) is 63.7 Å². The fourth-order valence-electron chi connectivity index (χ4n) is 3.56. The van der Waals surface area contributed by atoms with Crippen molar-refractivity contribution < 1.29 is 19.1 Å². The maximum atomic E-state index is 12.3. The van der Waals surface area contributed by atoms with Crippen LogP contribution in [0.1, 0.15) is 51.9 Å². The molecular weight excluding hydrogens is 366 g/mol. The quantitative estimate of drug-likeness (QED) is 0.507. The summed E-state index contributed by atoms with van der Waals surface area (Å²) < 4.78 is 5.07. The lowest BCUT2D eigenvalue weighted by Gasteiger charge is -2.18. The third-order valence-electron chi connectivity index (χ3n) is 5.43. The van der Waals surface area contributed by atoms with Crippen molar-refractivity contribution in [2.45, 2.75) is 45.6 Å². The molecule has 0 N–H and O–H groups in total. The number of hydrogen-bond acceptors (Lipinski definition) is 4. The van der Waals surface area contributed by atoms with E-state index in [1.54, 1.807) is 7.05 Å². The van der Waals surface area contributed by atoms with E-state index in [0.717, 1.165) is 30.4 Å². The molecule has 1 aliphatic carbocycles. The molecule has 0 unspecified atom stereocenters. The zero-order valence-corrected chi connectivity index (χ0v) is 17.1. The SMILES string of the molecule is Cc1ccccc1CN(C)C(=O)COC(=O)CCC(=O)c1ccc2c(c1)CCC2. The molecule has 5 heteroatoms. The summed E-state index contributed by atoms with van der Waals surface area (Å²) in [4.78, 5) is 38.1. The minimum absolute atomic E-state index is 0.0231. The molecule has 1 amide bonds. The first-order chi connectivity index (χ1) is 13.9. The number of esters is 1. The third kappa shape index (κ3) is 5.53. The number of hydrogen-bond donors (Lipinski definition) is 0. The van der Waals surface area contributed by atoms with Crippen LogP contribution in [0.25, 0.3) is 0 Å². The first-order valence-electron chi connectivity index (χ1n) is 10.0. The minimum atomic E-state index is -0.530. The van der Waals surface area contributed by atoms with Crippen LogP contribution in [0, 0.1) is 6.92 Å². The summed E-state index contributed by atoms with van der Waals surface area (Å²) in [6.07, 6.45) is 3.28. The predicted molar refractivity (Wildman–Crippen MR) is 111 cm³/mol. The summed E-state index contributed by atoms with van der Waals surface area (Å²) in [6, 6.07) is 13.6. The van der Waals surface area contributed by atoms with E-state index in [1.165, 1.54) is 16.0 Å². The molecule has 0 aromatic heterocycles. The van der Waals surface area contributed by atoms with Gasteiger partial charge in [0.25, 0.3) is 5.91 Å². The number of aryl methyl sites for hydroxylation is 3. The summed E-state index contributed by atoms with van der Waals surface area (Å²) in [5.74, 6) is -0.872. The average molecular weight is 393 g/mol. The number of rotatable bonds is 8. The van der Waals surface area contributed by atoms with Crippen molar-refractivity contribution in [3.63, 3.8) is 0 Å². The van der Waals surface area contributed by atoms with E-state index in [2.05, 4.69) is 0 Å². The molecular formula is C24H27NO4. The van der Waals surface area contributed by atoms with Crippen LogP contribution in [0.5, 0.6) is 0 Å². The van der Waals surface area contributed by atoms with Gasteiger partial charge < -0.3 is 9.64 Å². The highest BCUT2D eigenvalue weighted by Gasteiger charge is 2.17. The molecule has 0 radical (unpaired) electrons. The lowest BCUT2D eigenvalue weighted by atomic mass is 10.0. The van der Waals surface area contributed by atoms with Gasteiger partial charge in [-0.05, 0) is 54.5 Å². The van der Waals surface area contributed by atoms with Gasteiger partial charge in [-0.3, -0.25) is 14.4 Å². The molecule has 0 saturated carbocycles. The Labute approximate surface area is 171 Å². The number of ether oxygens (including phenoxy) is 1. The van der Waals surface area contributed by atoms with Crippen molar-refractivity contribution in [3.8, 4) is 0 Å². The molecule has 2 aromatic carbocycles. The zero-order chi connectivity index (χ0) is 20.8.